The van der Waals surface area contributed by atoms with Crippen LogP contribution in [-0.2, 0) is 14.9 Å². The van der Waals surface area contributed by atoms with Gasteiger partial charge in [-0.15, -0.1) is 0 Å². The molecule has 0 spiro atoms. The van der Waals surface area contributed by atoms with Crippen LogP contribution in [0, 0.1) is 0 Å². The number of fused-ring (bicyclic) bond motifs is 1. The lowest BCUT2D eigenvalue weighted by molar-refractivity contribution is -0.148. The van der Waals surface area contributed by atoms with Crippen molar-refractivity contribution in [3.05, 3.63) is 59.7 Å². The molecule has 2 aliphatic heterocycles. The Morgan fingerprint density at radius 3 is 2.56 bits per heavy atom. The molecular weight excluding hydrogens is 463 g/mol. The number of alkyl halides is 1. The lowest BCUT2D eigenvalue weighted by atomic mass is 9.84. The third kappa shape index (κ3) is 5.04. The molecule has 0 saturated heterocycles. The fourth-order valence-corrected chi connectivity index (χ4v) is 3.73. The summed E-state index contributed by atoms with van der Waals surface area (Å²) >= 11 is 6.58. The molecule has 10 heteroatoms. The van der Waals surface area contributed by atoms with Crippen LogP contribution in [0.2, 0.25) is 0 Å². The number of rotatable bonds is 7. The molecule has 1 atom stereocenters. The predicted octanol–water partition coefficient (Wildman–Crippen LogP) is 4.49. The second-order valence-corrected chi connectivity index (χ2v) is 8.81. The molecule has 4 rings (SSSR count). The Bertz CT molecular complexity index is 1140. The molecular formula is C24H26ClFN4O4. The summed E-state index contributed by atoms with van der Waals surface area (Å²) in [6.07, 6.45) is 1.04. The second kappa shape index (κ2) is 9.42. The van der Waals surface area contributed by atoms with Crippen LogP contribution in [0.4, 0.5) is 15.8 Å². The zero-order valence-electron chi connectivity index (χ0n) is 19.1. The van der Waals surface area contributed by atoms with Crippen molar-refractivity contribution in [2.75, 3.05) is 30.5 Å². The van der Waals surface area contributed by atoms with E-state index in [0.29, 0.717) is 42.7 Å². The highest BCUT2D eigenvalue weighted by molar-refractivity contribution is 6.25. The molecule has 0 bridgehead atoms. The van der Waals surface area contributed by atoms with Crippen molar-refractivity contribution in [3.8, 4) is 11.5 Å². The van der Waals surface area contributed by atoms with E-state index in [1.165, 1.54) is 0 Å². The van der Waals surface area contributed by atoms with Crippen LogP contribution in [0.15, 0.2) is 59.1 Å². The molecule has 2 aromatic carbocycles. The number of esters is 1. The van der Waals surface area contributed by atoms with Crippen molar-refractivity contribution in [2.45, 2.75) is 31.4 Å². The monoisotopic (exact) mass is 488 g/mol. The van der Waals surface area contributed by atoms with Gasteiger partial charge in [-0.25, -0.2) is 9.38 Å². The van der Waals surface area contributed by atoms with Crippen molar-refractivity contribution >= 4 is 35.2 Å². The highest BCUT2D eigenvalue weighted by Gasteiger charge is 2.33. The van der Waals surface area contributed by atoms with Crippen molar-refractivity contribution in [1.82, 2.24) is 5.32 Å². The van der Waals surface area contributed by atoms with E-state index < -0.39 is 16.5 Å². The van der Waals surface area contributed by atoms with E-state index >= 15 is 0 Å². The number of carbonyl (C=O) groups excluding carboxylic acids is 1. The molecule has 0 saturated carbocycles. The van der Waals surface area contributed by atoms with E-state index in [4.69, 9.17) is 25.8 Å². The van der Waals surface area contributed by atoms with Crippen LogP contribution in [0.3, 0.4) is 0 Å². The molecule has 8 nitrogen and oxygen atoms in total. The van der Waals surface area contributed by atoms with Gasteiger partial charge in [0, 0.05) is 17.4 Å². The summed E-state index contributed by atoms with van der Waals surface area (Å²) in [6, 6.07) is 12.3. The largest absolute Gasteiger partial charge is 0.486 e. The summed E-state index contributed by atoms with van der Waals surface area (Å²) in [7, 11) is 0. The van der Waals surface area contributed by atoms with Crippen LogP contribution in [0.5, 0.6) is 11.5 Å². The highest BCUT2D eigenvalue weighted by atomic mass is 35.5. The van der Waals surface area contributed by atoms with Crippen LogP contribution in [0.25, 0.3) is 0 Å². The minimum absolute atomic E-state index is 0.0347. The van der Waals surface area contributed by atoms with E-state index in [-0.39, 0.29) is 11.8 Å². The van der Waals surface area contributed by atoms with Gasteiger partial charge in [-0.05, 0) is 62.2 Å². The third-order valence-electron chi connectivity index (χ3n) is 5.40. The number of anilines is 2. The fraction of sp³-hybridized carbons (Fsp3) is 0.333. The summed E-state index contributed by atoms with van der Waals surface area (Å²) in [5.74, 6) is 0.334. The van der Waals surface area contributed by atoms with Gasteiger partial charge < -0.3 is 30.2 Å². The van der Waals surface area contributed by atoms with Crippen molar-refractivity contribution in [1.29, 1.82) is 0 Å². The van der Waals surface area contributed by atoms with Gasteiger partial charge in [0.25, 0.3) is 5.25 Å². The van der Waals surface area contributed by atoms with E-state index in [2.05, 4.69) is 20.9 Å². The Morgan fingerprint density at radius 2 is 1.85 bits per heavy atom. The molecule has 2 heterocycles. The van der Waals surface area contributed by atoms with Crippen LogP contribution < -0.4 is 25.4 Å². The average Bonchev–Trinajstić information content (AvgIpc) is 2.82. The summed E-state index contributed by atoms with van der Waals surface area (Å²) in [6.45, 7) is 6.61. The Balaban J connectivity index is 1.45. The molecule has 0 radical (unpaired) electrons. The molecule has 0 amide bonds. The maximum absolute atomic E-state index is 14.5. The predicted molar refractivity (Wildman–Crippen MR) is 129 cm³/mol. The number of ether oxygens (including phenoxy) is 3. The number of hydrogen-bond acceptors (Lipinski definition) is 8. The number of nitrogens with one attached hydrogen (secondary N) is 3. The zero-order chi connectivity index (χ0) is 24.3. The zero-order valence-corrected chi connectivity index (χ0v) is 19.8. The Hall–Kier alpha value is -3.46. The third-order valence-corrected chi connectivity index (χ3v) is 5.69. The first kappa shape index (κ1) is 23.7. The lowest BCUT2D eigenvalue weighted by Gasteiger charge is -2.31. The normalized spacial score (nSPS) is 19.3. The second-order valence-electron chi connectivity index (χ2n) is 8.26. The molecule has 2 aromatic rings. The number of carbonyl (C=O) groups is 1. The molecule has 34 heavy (non-hydrogen) atoms. The van der Waals surface area contributed by atoms with Crippen LogP contribution >= 0.6 is 11.6 Å². The molecule has 3 N–H and O–H groups in total. The standard InChI is InChI=1S/C24H26ClFN4O4/c1-4-32-22(31)23(2,3)15-5-7-16(8-6-15)28-21-18(26)14-27-24(25,30-21)29-17-9-10-19-20(13-17)34-12-11-33-19/h5-10,13-14,28-30H,4,11-12H2,1-3H3. The topological polar surface area (TPSA) is 93.2 Å². The van der Waals surface area contributed by atoms with Gasteiger partial charge in [-0.1, -0.05) is 12.1 Å². The molecule has 0 fully saturated rings. The number of benzene rings is 2. The quantitative estimate of drug-likeness (QED) is 0.300. The first-order chi connectivity index (χ1) is 16.2. The molecule has 180 valence electrons. The minimum Gasteiger partial charge on any atom is -0.486 e. The number of aliphatic imine (C=N–C) groups is 1. The minimum atomic E-state index is -1.53. The van der Waals surface area contributed by atoms with Gasteiger partial charge in [-0.3, -0.25) is 4.79 Å². The highest BCUT2D eigenvalue weighted by Crippen LogP contribution is 2.34. The summed E-state index contributed by atoms with van der Waals surface area (Å²) < 4.78 is 30.8. The van der Waals surface area contributed by atoms with E-state index in [9.17, 15) is 9.18 Å². The van der Waals surface area contributed by atoms with Gasteiger partial charge in [0.1, 0.15) is 19.0 Å². The number of hydrogen-bond donors (Lipinski definition) is 3. The molecule has 0 aromatic heterocycles. The van der Waals surface area contributed by atoms with Crippen molar-refractivity contribution in [2.24, 2.45) is 4.99 Å². The van der Waals surface area contributed by atoms with E-state index in [1.807, 2.05) is 0 Å². The Labute approximate surface area is 202 Å². The molecule has 0 aliphatic carbocycles. The maximum Gasteiger partial charge on any atom is 0.315 e. The van der Waals surface area contributed by atoms with Gasteiger partial charge in [-0.2, -0.15) is 0 Å². The van der Waals surface area contributed by atoms with Crippen LogP contribution in [-0.4, -0.2) is 37.3 Å². The van der Waals surface area contributed by atoms with Crippen molar-refractivity contribution < 1.29 is 23.4 Å². The smallest absolute Gasteiger partial charge is 0.315 e. The number of nitrogens with zero attached hydrogens (tertiary/aromatic N) is 1. The van der Waals surface area contributed by atoms with E-state index in [1.54, 1.807) is 63.2 Å². The van der Waals surface area contributed by atoms with Crippen LogP contribution in [0.1, 0.15) is 26.3 Å². The first-order valence-electron chi connectivity index (χ1n) is 10.8. The Kier molecular flexibility index (Phi) is 6.56. The van der Waals surface area contributed by atoms with Gasteiger partial charge in [0.2, 0.25) is 0 Å². The first-order valence-corrected chi connectivity index (χ1v) is 11.2. The van der Waals surface area contributed by atoms with Gasteiger partial charge >= 0.3 is 5.97 Å². The summed E-state index contributed by atoms with van der Waals surface area (Å²) in [5.41, 5.74) is 1.16. The fourth-order valence-electron chi connectivity index (χ4n) is 3.48. The van der Waals surface area contributed by atoms with Gasteiger partial charge in [0.15, 0.2) is 17.3 Å². The number of allylic oxidation sites excluding steroid dienone is 1. The number of halogens is 2. The Morgan fingerprint density at radius 1 is 1.18 bits per heavy atom. The SMILES string of the molecule is CCOC(=O)C(C)(C)c1ccc(NC2=C(F)C=NC(Cl)(Nc3ccc4c(c3)OCCO4)N2)cc1. The van der Waals surface area contributed by atoms with Gasteiger partial charge in [0.05, 0.1) is 18.2 Å². The van der Waals surface area contributed by atoms with Crippen molar-refractivity contribution in [3.63, 3.8) is 0 Å². The van der Waals surface area contributed by atoms with E-state index in [0.717, 1.165) is 11.8 Å². The summed E-state index contributed by atoms with van der Waals surface area (Å²) in [4.78, 5) is 16.3. The molecule has 1 unspecified atom stereocenters. The lowest BCUT2D eigenvalue weighted by Crippen LogP contribution is -2.48. The maximum atomic E-state index is 14.5. The summed E-state index contributed by atoms with van der Waals surface area (Å²) in [5, 5.41) is 7.30. The average molecular weight is 489 g/mol. The molecule has 2 aliphatic rings.